The van der Waals surface area contributed by atoms with Gasteiger partial charge in [0.1, 0.15) is 5.75 Å². The highest BCUT2D eigenvalue weighted by molar-refractivity contribution is 7.81. The molecule has 0 spiro atoms. The summed E-state index contributed by atoms with van der Waals surface area (Å²) in [5.74, 6) is -0.0297. The van der Waals surface area contributed by atoms with Crippen LogP contribution in [0.15, 0.2) is 36.8 Å². The van der Waals surface area contributed by atoms with Crippen molar-refractivity contribution in [2.24, 2.45) is 0 Å². The Morgan fingerprint density at radius 1 is 1.24 bits per heavy atom. The molecular formula is C13H14FN3O3S. The molecule has 8 heteroatoms. The van der Waals surface area contributed by atoms with Crippen LogP contribution >= 0.6 is 0 Å². The van der Waals surface area contributed by atoms with Gasteiger partial charge in [-0.15, -0.1) is 0 Å². The first-order valence-electron chi connectivity index (χ1n) is 6.44. The van der Waals surface area contributed by atoms with Crippen LogP contribution in [0.25, 0.3) is 0 Å². The molecule has 0 fully saturated rings. The summed E-state index contributed by atoms with van der Waals surface area (Å²) < 4.78 is 39.5. The van der Waals surface area contributed by atoms with E-state index in [9.17, 15) is 12.3 Å². The average Bonchev–Trinajstić information content (AvgIpc) is 2.87. The van der Waals surface area contributed by atoms with E-state index in [1.165, 1.54) is 17.8 Å². The molecule has 0 saturated heterocycles. The van der Waals surface area contributed by atoms with E-state index in [0.29, 0.717) is 0 Å². The van der Waals surface area contributed by atoms with Crippen LogP contribution in [0.1, 0.15) is 11.3 Å². The summed E-state index contributed by atoms with van der Waals surface area (Å²) in [5, 5.41) is 0. The third-order valence-corrected chi connectivity index (χ3v) is 3.76. The second kappa shape index (κ2) is 5.45. The predicted octanol–water partition coefficient (Wildman–Crippen LogP) is 1.49. The molecule has 1 aliphatic rings. The average molecular weight is 311 g/mol. The molecule has 0 amide bonds. The number of nitrogens with zero attached hydrogens (tertiary/aromatic N) is 3. The van der Waals surface area contributed by atoms with Gasteiger partial charge < -0.3 is 8.75 Å². The molecule has 1 aromatic carbocycles. The van der Waals surface area contributed by atoms with Gasteiger partial charge in [-0.3, -0.25) is 4.90 Å². The summed E-state index contributed by atoms with van der Waals surface area (Å²) in [4.78, 5) is 6.38. The fourth-order valence-electron chi connectivity index (χ4n) is 2.40. The number of hydrogen-bond acceptors (Lipinski definition) is 5. The van der Waals surface area contributed by atoms with Crippen molar-refractivity contribution in [2.75, 3.05) is 6.54 Å². The van der Waals surface area contributed by atoms with E-state index in [1.807, 2.05) is 12.5 Å². The maximum atomic E-state index is 12.4. The Kier molecular flexibility index (Phi) is 3.64. The van der Waals surface area contributed by atoms with Crippen molar-refractivity contribution in [3.05, 3.63) is 48.0 Å². The van der Waals surface area contributed by atoms with Gasteiger partial charge in [-0.05, 0) is 17.7 Å². The molecule has 0 saturated carbocycles. The van der Waals surface area contributed by atoms with E-state index in [4.69, 9.17) is 0 Å². The second-order valence-electron chi connectivity index (χ2n) is 4.91. The minimum Gasteiger partial charge on any atom is -0.358 e. The number of hydrogen-bond donors (Lipinski definition) is 0. The van der Waals surface area contributed by atoms with Crippen LogP contribution in [0.4, 0.5) is 3.89 Å². The Labute approximate surface area is 122 Å². The van der Waals surface area contributed by atoms with E-state index in [1.54, 1.807) is 12.1 Å². The van der Waals surface area contributed by atoms with Crippen molar-refractivity contribution in [3.8, 4) is 5.75 Å². The van der Waals surface area contributed by atoms with Gasteiger partial charge in [-0.25, -0.2) is 4.98 Å². The molecule has 0 aliphatic carbocycles. The van der Waals surface area contributed by atoms with Crippen LogP contribution in [-0.4, -0.2) is 29.4 Å². The van der Waals surface area contributed by atoms with Crippen LogP contribution < -0.4 is 4.18 Å². The summed E-state index contributed by atoms with van der Waals surface area (Å²) in [5.41, 5.74) is 2.18. The van der Waals surface area contributed by atoms with E-state index >= 15 is 0 Å². The molecule has 0 atom stereocenters. The summed E-state index contributed by atoms with van der Waals surface area (Å²) in [6, 6.07) is 6.35. The van der Waals surface area contributed by atoms with Crippen molar-refractivity contribution < 1.29 is 16.5 Å². The summed E-state index contributed by atoms with van der Waals surface area (Å²) in [7, 11) is -4.96. The van der Waals surface area contributed by atoms with Crippen molar-refractivity contribution in [3.63, 3.8) is 0 Å². The maximum Gasteiger partial charge on any atom is 0.488 e. The summed E-state index contributed by atoms with van der Waals surface area (Å²) in [6.45, 7) is 3.36. The van der Waals surface area contributed by atoms with E-state index in [2.05, 4.69) is 18.6 Å². The Bertz CT molecular complexity index is 727. The third kappa shape index (κ3) is 3.59. The van der Waals surface area contributed by atoms with E-state index in [-0.39, 0.29) is 5.75 Å². The normalized spacial score (nSPS) is 15.7. The molecule has 6 nitrogen and oxygen atoms in total. The first-order chi connectivity index (χ1) is 9.99. The highest BCUT2D eigenvalue weighted by atomic mass is 32.3. The molecule has 2 aromatic rings. The lowest BCUT2D eigenvalue weighted by molar-refractivity contribution is 0.213. The van der Waals surface area contributed by atoms with Crippen molar-refractivity contribution in [1.29, 1.82) is 0 Å². The zero-order chi connectivity index (χ0) is 14.9. The molecule has 0 unspecified atom stereocenters. The van der Waals surface area contributed by atoms with Crippen LogP contribution in [0.3, 0.4) is 0 Å². The first kappa shape index (κ1) is 14.0. The minimum absolute atomic E-state index is 0.0297. The zero-order valence-corrected chi connectivity index (χ0v) is 12.0. The van der Waals surface area contributed by atoms with Crippen molar-refractivity contribution >= 4 is 10.5 Å². The Morgan fingerprint density at radius 2 is 2.00 bits per heavy atom. The van der Waals surface area contributed by atoms with Gasteiger partial charge in [-0.2, -0.15) is 8.42 Å². The molecular weight excluding hydrogens is 297 g/mol. The summed E-state index contributed by atoms with van der Waals surface area (Å²) in [6.07, 6.45) is 3.69. The molecule has 0 N–H and O–H groups in total. The summed E-state index contributed by atoms with van der Waals surface area (Å²) >= 11 is 0. The largest absolute Gasteiger partial charge is 0.488 e. The van der Waals surface area contributed by atoms with Crippen LogP contribution in [0.5, 0.6) is 5.75 Å². The lowest BCUT2D eigenvalue weighted by atomic mass is 10.2. The van der Waals surface area contributed by atoms with Gasteiger partial charge in [0.25, 0.3) is 0 Å². The fourth-order valence-corrected chi connectivity index (χ4v) is 2.74. The Morgan fingerprint density at radius 3 is 2.71 bits per heavy atom. The molecule has 3 rings (SSSR count). The van der Waals surface area contributed by atoms with Crippen molar-refractivity contribution in [2.45, 2.75) is 19.6 Å². The number of imidazole rings is 1. The SMILES string of the molecule is O=S(=O)(F)Oc1ccc(CN2CCn3cncc3C2)cc1. The molecule has 1 aliphatic heterocycles. The standard InChI is InChI=1S/C13H14FN3O3S/c14-21(18,19)20-13-3-1-11(2-4-13)8-16-5-6-17-10-15-7-12(17)9-16/h1-4,7,10H,5-6,8-9H2. The zero-order valence-electron chi connectivity index (χ0n) is 11.1. The van der Waals surface area contributed by atoms with E-state index < -0.39 is 10.5 Å². The lowest BCUT2D eigenvalue weighted by Gasteiger charge is -2.27. The minimum atomic E-state index is -4.96. The Hall–Kier alpha value is -1.93. The predicted molar refractivity (Wildman–Crippen MR) is 73.4 cm³/mol. The highest BCUT2D eigenvalue weighted by Gasteiger charge is 2.16. The second-order valence-corrected chi connectivity index (χ2v) is 5.86. The molecule has 0 radical (unpaired) electrons. The van der Waals surface area contributed by atoms with Crippen LogP contribution in [-0.2, 0) is 30.1 Å². The first-order valence-corrected chi connectivity index (χ1v) is 7.75. The number of rotatable bonds is 4. The number of aromatic nitrogens is 2. The van der Waals surface area contributed by atoms with Gasteiger partial charge in [-0.1, -0.05) is 16.0 Å². The van der Waals surface area contributed by atoms with Gasteiger partial charge in [0.05, 0.1) is 12.0 Å². The third-order valence-electron chi connectivity index (χ3n) is 3.37. The van der Waals surface area contributed by atoms with E-state index in [0.717, 1.165) is 31.7 Å². The maximum absolute atomic E-state index is 12.4. The topological polar surface area (TPSA) is 64.4 Å². The van der Waals surface area contributed by atoms with Gasteiger partial charge in [0.15, 0.2) is 0 Å². The van der Waals surface area contributed by atoms with Crippen molar-refractivity contribution in [1.82, 2.24) is 14.5 Å². The quantitative estimate of drug-likeness (QED) is 0.801. The molecule has 112 valence electrons. The monoisotopic (exact) mass is 311 g/mol. The molecule has 21 heavy (non-hydrogen) atoms. The lowest BCUT2D eigenvalue weighted by Crippen LogP contribution is -2.32. The number of fused-ring (bicyclic) bond motifs is 1. The molecule has 0 bridgehead atoms. The van der Waals surface area contributed by atoms with Crippen LogP contribution in [0, 0.1) is 0 Å². The van der Waals surface area contributed by atoms with Gasteiger partial charge in [0.2, 0.25) is 0 Å². The molecule has 2 heterocycles. The number of benzene rings is 1. The van der Waals surface area contributed by atoms with Gasteiger partial charge >= 0.3 is 10.5 Å². The number of halogens is 1. The van der Waals surface area contributed by atoms with Crippen LogP contribution in [0.2, 0.25) is 0 Å². The van der Waals surface area contributed by atoms with Gasteiger partial charge in [0, 0.05) is 32.4 Å². The smallest absolute Gasteiger partial charge is 0.358 e. The Balaban J connectivity index is 1.64. The highest BCUT2D eigenvalue weighted by Crippen LogP contribution is 2.18. The molecule has 1 aromatic heterocycles. The fraction of sp³-hybridized carbons (Fsp3) is 0.308.